The van der Waals surface area contributed by atoms with Crippen LogP contribution in [0.5, 0.6) is 0 Å². The molecular weight excluding hydrogens is 262 g/mol. The van der Waals surface area contributed by atoms with Gasteiger partial charge >= 0.3 is 0 Å². The van der Waals surface area contributed by atoms with Crippen LogP contribution in [0.2, 0.25) is 0 Å². The highest BCUT2D eigenvalue weighted by Crippen LogP contribution is 2.23. The van der Waals surface area contributed by atoms with Gasteiger partial charge < -0.3 is 9.73 Å². The topological polar surface area (TPSA) is 31.7 Å². The summed E-state index contributed by atoms with van der Waals surface area (Å²) in [5.41, 5.74) is 1.32. The Hall–Kier alpha value is -0.840. The fourth-order valence-corrected chi connectivity index (χ4v) is 3.56. The number of fused-ring (bicyclic) bond motifs is 1. The highest BCUT2D eigenvalue weighted by molar-refractivity contribution is 5.17. The molecule has 4 nitrogen and oxygen atoms in total. The monoisotopic (exact) mass is 291 g/mol. The molecule has 0 aromatic carbocycles. The summed E-state index contributed by atoms with van der Waals surface area (Å²) in [4.78, 5) is 5.22. The van der Waals surface area contributed by atoms with Crippen molar-refractivity contribution < 1.29 is 4.42 Å². The molecule has 3 heterocycles. The standard InChI is InChI=1S/C17H29N3O/c1-14(2)10-18-11-15-5-9-21-17(15)13-19-7-8-20-6-3-4-16(20)12-19/h5,9,14,16,18H,3-4,6-8,10-13H2,1-2H3. The Morgan fingerprint density at radius 3 is 3.10 bits per heavy atom. The molecule has 2 fully saturated rings. The van der Waals surface area contributed by atoms with E-state index in [4.69, 9.17) is 4.42 Å². The summed E-state index contributed by atoms with van der Waals surface area (Å²) in [5, 5.41) is 3.52. The molecule has 0 bridgehead atoms. The summed E-state index contributed by atoms with van der Waals surface area (Å²) in [5.74, 6) is 1.84. The van der Waals surface area contributed by atoms with Crippen LogP contribution in [0.4, 0.5) is 0 Å². The molecule has 2 aliphatic heterocycles. The lowest BCUT2D eigenvalue weighted by Gasteiger charge is -2.37. The number of hydrogen-bond donors (Lipinski definition) is 1. The minimum Gasteiger partial charge on any atom is -0.468 e. The van der Waals surface area contributed by atoms with E-state index in [1.807, 2.05) is 6.26 Å². The Balaban J connectivity index is 1.52. The maximum atomic E-state index is 5.74. The zero-order valence-electron chi connectivity index (χ0n) is 13.5. The lowest BCUT2D eigenvalue weighted by molar-refractivity contribution is 0.0938. The molecule has 1 atom stereocenters. The van der Waals surface area contributed by atoms with Crippen molar-refractivity contribution >= 4 is 0 Å². The average Bonchev–Trinajstić information content (AvgIpc) is 3.07. The van der Waals surface area contributed by atoms with Crippen molar-refractivity contribution in [3.63, 3.8) is 0 Å². The summed E-state index contributed by atoms with van der Waals surface area (Å²) in [6, 6.07) is 2.91. The molecule has 1 unspecified atom stereocenters. The molecule has 2 saturated heterocycles. The van der Waals surface area contributed by atoms with Gasteiger partial charge in [0.15, 0.2) is 0 Å². The number of piperazine rings is 1. The zero-order valence-corrected chi connectivity index (χ0v) is 13.5. The molecule has 1 aromatic rings. The molecule has 3 rings (SSSR count). The zero-order chi connectivity index (χ0) is 14.7. The maximum absolute atomic E-state index is 5.74. The molecule has 0 radical (unpaired) electrons. The van der Waals surface area contributed by atoms with E-state index in [9.17, 15) is 0 Å². The number of nitrogens with zero attached hydrogens (tertiary/aromatic N) is 2. The fraction of sp³-hybridized carbons (Fsp3) is 0.765. The van der Waals surface area contributed by atoms with Crippen LogP contribution in [-0.2, 0) is 13.1 Å². The van der Waals surface area contributed by atoms with Gasteiger partial charge in [0.2, 0.25) is 0 Å². The van der Waals surface area contributed by atoms with E-state index in [0.717, 1.165) is 31.4 Å². The van der Waals surface area contributed by atoms with E-state index >= 15 is 0 Å². The van der Waals surface area contributed by atoms with E-state index in [1.165, 1.54) is 44.6 Å². The average molecular weight is 291 g/mol. The van der Waals surface area contributed by atoms with Crippen molar-refractivity contribution in [2.24, 2.45) is 5.92 Å². The first kappa shape index (κ1) is 15.1. The van der Waals surface area contributed by atoms with Crippen molar-refractivity contribution in [2.45, 2.75) is 45.8 Å². The fourth-order valence-electron chi connectivity index (χ4n) is 3.56. The molecule has 21 heavy (non-hydrogen) atoms. The van der Waals surface area contributed by atoms with E-state index in [-0.39, 0.29) is 0 Å². The number of furan rings is 1. The quantitative estimate of drug-likeness (QED) is 0.871. The van der Waals surface area contributed by atoms with Gasteiger partial charge in [0.1, 0.15) is 5.76 Å². The molecule has 0 saturated carbocycles. The third kappa shape index (κ3) is 3.87. The molecule has 1 N–H and O–H groups in total. The Kier molecular flexibility index (Phi) is 4.99. The summed E-state index contributed by atoms with van der Waals surface area (Å²) >= 11 is 0. The molecule has 118 valence electrons. The highest BCUT2D eigenvalue weighted by atomic mass is 16.3. The molecule has 4 heteroatoms. The van der Waals surface area contributed by atoms with Crippen LogP contribution in [0, 0.1) is 5.92 Å². The van der Waals surface area contributed by atoms with Crippen LogP contribution in [0.1, 0.15) is 38.0 Å². The molecule has 2 aliphatic rings. The van der Waals surface area contributed by atoms with Crippen molar-refractivity contribution in [2.75, 3.05) is 32.7 Å². The second kappa shape index (κ2) is 6.95. The molecule has 0 amide bonds. The van der Waals surface area contributed by atoms with Gasteiger partial charge in [0.25, 0.3) is 0 Å². The predicted molar refractivity (Wildman–Crippen MR) is 85.1 cm³/mol. The number of hydrogen-bond acceptors (Lipinski definition) is 4. The Morgan fingerprint density at radius 1 is 1.33 bits per heavy atom. The van der Waals surface area contributed by atoms with Gasteiger partial charge in [-0.1, -0.05) is 13.8 Å². The van der Waals surface area contributed by atoms with Gasteiger partial charge in [-0.15, -0.1) is 0 Å². The molecule has 0 spiro atoms. The SMILES string of the molecule is CC(C)CNCc1ccoc1CN1CCN2CCCC2C1. The van der Waals surface area contributed by atoms with Gasteiger partial charge in [0, 0.05) is 37.8 Å². The Morgan fingerprint density at radius 2 is 2.24 bits per heavy atom. The third-order valence-electron chi connectivity index (χ3n) is 4.74. The number of rotatable bonds is 6. The van der Waals surface area contributed by atoms with Gasteiger partial charge in [-0.05, 0) is 37.9 Å². The van der Waals surface area contributed by atoms with Gasteiger partial charge in [-0.3, -0.25) is 9.80 Å². The second-order valence-corrected chi connectivity index (χ2v) is 6.96. The van der Waals surface area contributed by atoms with E-state index in [0.29, 0.717) is 5.92 Å². The van der Waals surface area contributed by atoms with E-state index in [2.05, 4.69) is 35.0 Å². The highest BCUT2D eigenvalue weighted by Gasteiger charge is 2.30. The minimum atomic E-state index is 0.691. The van der Waals surface area contributed by atoms with Crippen LogP contribution in [-0.4, -0.2) is 48.6 Å². The van der Waals surface area contributed by atoms with Gasteiger partial charge in [-0.25, -0.2) is 0 Å². The largest absolute Gasteiger partial charge is 0.468 e. The van der Waals surface area contributed by atoms with Crippen LogP contribution in [0.25, 0.3) is 0 Å². The third-order valence-corrected chi connectivity index (χ3v) is 4.74. The summed E-state index contributed by atoms with van der Waals surface area (Å²) in [7, 11) is 0. The summed E-state index contributed by atoms with van der Waals surface area (Å²) < 4.78 is 5.74. The van der Waals surface area contributed by atoms with Gasteiger partial charge in [-0.2, -0.15) is 0 Å². The van der Waals surface area contributed by atoms with Crippen LogP contribution < -0.4 is 5.32 Å². The summed E-state index contributed by atoms with van der Waals surface area (Å²) in [6.45, 7) is 12.4. The van der Waals surface area contributed by atoms with Gasteiger partial charge in [0.05, 0.1) is 12.8 Å². The first-order valence-corrected chi connectivity index (χ1v) is 8.44. The normalized spacial score (nSPS) is 23.9. The predicted octanol–water partition coefficient (Wildman–Crippen LogP) is 2.31. The minimum absolute atomic E-state index is 0.691. The Bertz CT molecular complexity index is 443. The number of nitrogens with one attached hydrogen (secondary N) is 1. The lowest BCUT2D eigenvalue weighted by Crippen LogP contribution is -2.49. The molecule has 0 aliphatic carbocycles. The Labute approximate surface area is 128 Å². The van der Waals surface area contributed by atoms with Crippen LogP contribution in [0.3, 0.4) is 0 Å². The summed E-state index contributed by atoms with van der Waals surface area (Å²) in [6.07, 6.45) is 4.59. The first-order valence-electron chi connectivity index (χ1n) is 8.44. The lowest BCUT2D eigenvalue weighted by atomic mass is 10.1. The van der Waals surface area contributed by atoms with E-state index < -0.39 is 0 Å². The van der Waals surface area contributed by atoms with Crippen molar-refractivity contribution in [1.82, 2.24) is 15.1 Å². The van der Waals surface area contributed by atoms with E-state index in [1.54, 1.807) is 0 Å². The van der Waals surface area contributed by atoms with Crippen molar-refractivity contribution in [3.8, 4) is 0 Å². The smallest absolute Gasteiger partial charge is 0.122 e. The van der Waals surface area contributed by atoms with Crippen molar-refractivity contribution in [3.05, 3.63) is 23.7 Å². The molecular formula is C17H29N3O. The van der Waals surface area contributed by atoms with Crippen LogP contribution in [0.15, 0.2) is 16.7 Å². The second-order valence-electron chi connectivity index (χ2n) is 6.96. The molecule has 1 aromatic heterocycles. The van der Waals surface area contributed by atoms with Crippen LogP contribution >= 0.6 is 0 Å². The van der Waals surface area contributed by atoms with Crippen molar-refractivity contribution in [1.29, 1.82) is 0 Å². The maximum Gasteiger partial charge on any atom is 0.122 e. The first-order chi connectivity index (χ1) is 10.2.